The van der Waals surface area contributed by atoms with Crippen LogP contribution >= 0.6 is 0 Å². The maximum atomic E-state index is 5.71. The van der Waals surface area contributed by atoms with E-state index in [1.807, 2.05) is 61.5 Å². The summed E-state index contributed by atoms with van der Waals surface area (Å²) in [6, 6.07) is 17.3. The Labute approximate surface area is 128 Å². The number of nitrogens with two attached hydrogens (primary N) is 1. The normalized spacial score (nSPS) is 10.2. The topological polar surface area (TPSA) is 86.0 Å². The van der Waals surface area contributed by atoms with Crippen LogP contribution in [0.3, 0.4) is 0 Å². The van der Waals surface area contributed by atoms with Crippen molar-refractivity contribution < 1.29 is 4.74 Å². The van der Waals surface area contributed by atoms with E-state index in [1.54, 1.807) is 0 Å². The van der Waals surface area contributed by atoms with Crippen molar-refractivity contribution in [3.05, 3.63) is 60.2 Å². The standard InChI is InChI=1S/C16H15N5O/c1-11-7-9-13(10-8-11)22-16-20-14(17)19-15(21-16)18-12-5-3-2-4-6-12/h2-10H,1H3,(H3,17,18,19,20,21). The zero-order valence-corrected chi connectivity index (χ0v) is 12.0. The number of hydrogen-bond acceptors (Lipinski definition) is 6. The minimum absolute atomic E-state index is 0.0931. The molecule has 0 atom stereocenters. The lowest BCUT2D eigenvalue weighted by molar-refractivity contribution is 0.441. The Morgan fingerprint density at radius 2 is 1.64 bits per heavy atom. The van der Waals surface area contributed by atoms with Gasteiger partial charge in [-0.1, -0.05) is 35.9 Å². The molecule has 0 unspecified atom stereocenters. The van der Waals surface area contributed by atoms with Gasteiger partial charge in [0.05, 0.1) is 0 Å². The first-order valence-electron chi connectivity index (χ1n) is 6.77. The van der Waals surface area contributed by atoms with Gasteiger partial charge in [-0.05, 0) is 31.2 Å². The Morgan fingerprint density at radius 3 is 2.36 bits per heavy atom. The average Bonchev–Trinajstić information content (AvgIpc) is 2.50. The van der Waals surface area contributed by atoms with Gasteiger partial charge in [-0.3, -0.25) is 0 Å². The molecule has 1 heterocycles. The third-order valence-corrected chi connectivity index (χ3v) is 2.89. The summed E-state index contributed by atoms with van der Waals surface area (Å²) in [7, 11) is 0. The van der Waals surface area contributed by atoms with Gasteiger partial charge >= 0.3 is 6.01 Å². The monoisotopic (exact) mass is 293 g/mol. The van der Waals surface area contributed by atoms with Gasteiger partial charge in [0.1, 0.15) is 5.75 Å². The summed E-state index contributed by atoms with van der Waals surface area (Å²) in [5, 5.41) is 3.06. The summed E-state index contributed by atoms with van der Waals surface area (Å²) < 4.78 is 5.61. The van der Waals surface area contributed by atoms with E-state index in [1.165, 1.54) is 0 Å². The van der Waals surface area contributed by atoms with Crippen LogP contribution in [0.25, 0.3) is 0 Å². The summed E-state index contributed by atoms with van der Waals surface area (Å²) in [5.74, 6) is 1.07. The van der Waals surface area contributed by atoms with Crippen LogP contribution in [0.5, 0.6) is 11.8 Å². The molecule has 0 saturated carbocycles. The molecular weight excluding hydrogens is 278 g/mol. The van der Waals surface area contributed by atoms with E-state index < -0.39 is 0 Å². The highest BCUT2D eigenvalue weighted by molar-refractivity contribution is 5.53. The van der Waals surface area contributed by atoms with Crippen molar-refractivity contribution in [3.8, 4) is 11.8 Å². The molecule has 3 N–H and O–H groups in total. The maximum absolute atomic E-state index is 5.71. The summed E-state index contributed by atoms with van der Waals surface area (Å²) >= 11 is 0. The molecule has 0 radical (unpaired) electrons. The molecule has 6 nitrogen and oxygen atoms in total. The molecule has 0 fully saturated rings. The SMILES string of the molecule is Cc1ccc(Oc2nc(N)nc(Nc3ccccc3)n2)cc1. The Morgan fingerprint density at radius 1 is 0.909 bits per heavy atom. The van der Waals surface area contributed by atoms with Crippen LogP contribution < -0.4 is 15.8 Å². The summed E-state index contributed by atoms with van der Waals surface area (Å²) in [6.45, 7) is 2.01. The van der Waals surface area contributed by atoms with Crippen molar-refractivity contribution in [1.82, 2.24) is 15.0 Å². The lowest BCUT2D eigenvalue weighted by Crippen LogP contribution is -2.05. The molecule has 0 bridgehead atoms. The van der Waals surface area contributed by atoms with Gasteiger partial charge in [0.2, 0.25) is 11.9 Å². The van der Waals surface area contributed by atoms with Crippen molar-refractivity contribution in [2.45, 2.75) is 6.92 Å². The Kier molecular flexibility index (Phi) is 3.82. The van der Waals surface area contributed by atoms with Crippen LogP contribution in [-0.4, -0.2) is 15.0 Å². The van der Waals surface area contributed by atoms with Crippen molar-refractivity contribution >= 4 is 17.6 Å². The molecule has 110 valence electrons. The molecular formula is C16H15N5O. The first-order valence-corrected chi connectivity index (χ1v) is 6.77. The number of hydrogen-bond donors (Lipinski definition) is 2. The quantitative estimate of drug-likeness (QED) is 0.767. The second-order valence-electron chi connectivity index (χ2n) is 4.71. The van der Waals surface area contributed by atoms with Gasteiger partial charge in [0.15, 0.2) is 0 Å². The maximum Gasteiger partial charge on any atom is 0.328 e. The first kappa shape index (κ1) is 13.8. The molecule has 0 aliphatic rings. The fourth-order valence-corrected chi connectivity index (χ4v) is 1.84. The van der Waals surface area contributed by atoms with Gasteiger partial charge in [-0.25, -0.2) is 0 Å². The number of nitrogens with zero attached hydrogens (tertiary/aromatic N) is 3. The molecule has 1 aromatic heterocycles. The summed E-state index contributed by atoms with van der Waals surface area (Å²) in [6.07, 6.45) is 0. The van der Waals surface area contributed by atoms with E-state index in [4.69, 9.17) is 10.5 Å². The number of para-hydroxylation sites is 1. The zero-order chi connectivity index (χ0) is 15.4. The van der Waals surface area contributed by atoms with Crippen molar-refractivity contribution in [1.29, 1.82) is 0 Å². The van der Waals surface area contributed by atoms with Crippen LogP contribution in [0.4, 0.5) is 17.6 Å². The molecule has 3 aromatic rings. The lowest BCUT2D eigenvalue weighted by Gasteiger charge is -2.08. The van der Waals surface area contributed by atoms with E-state index in [0.717, 1.165) is 11.3 Å². The molecule has 0 spiro atoms. The lowest BCUT2D eigenvalue weighted by atomic mass is 10.2. The van der Waals surface area contributed by atoms with Crippen LogP contribution in [0.2, 0.25) is 0 Å². The fourth-order valence-electron chi connectivity index (χ4n) is 1.84. The molecule has 6 heteroatoms. The predicted octanol–water partition coefficient (Wildman–Crippen LogP) is 3.30. The van der Waals surface area contributed by atoms with E-state index >= 15 is 0 Å². The molecule has 3 rings (SSSR count). The number of rotatable bonds is 4. The number of aryl methyl sites for hydroxylation is 1. The zero-order valence-electron chi connectivity index (χ0n) is 12.0. The molecule has 0 saturated heterocycles. The first-order chi connectivity index (χ1) is 10.7. The minimum Gasteiger partial charge on any atom is -0.424 e. The highest BCUT2D eigenvalue weighted by atomic mass is 16.5. The van der Waals surface area contributed by atoms with Crippen LogP contribution in [0, 0.1) is 6.92 Å². The van der Waals surface area contributed by atoms with Crippen molar-refractivity contribution in [3.63, 3.8) is 0 Å². The van der Waals surface area contributed by atoms with E-state index in [9.17, 15) is 0 Å². The summed E-state index contributed by atoms with van der Waals surface area (Å²) in [4.78, 5) is 12.2. The van der Waals surface area contributed by atoms with Gasteiger partial charge in [-0.15, -0.1) is 0 Å². The second kappa shape index (κ2) is 6.09. The van der Waals surface area contributed by atoms with Crippen LogP contribution in [0.1, 0.15) is 5.56 Å². The highest BCUT2D eigenvalue weighted by Gasteiger charge is 2.07. The Balaban J connectivity index is 1.82. The number of nitrogens with one attached hydrogen (secondary N) is 1. The molecule has 22 heavy (non-hydrogen) atoms. The van der Waals surface area contributed by atoms with Gasteiger partial charge in [0.25, 0.3) is 0 Å². The minimum atomic E-state index is 0.0931. The second-order valence-corrected chi connectivity index (χ2v) is 4.71. The Bertz CT molecular complexity index is 759. The van der Waals surface area contributed by atoms with E-state index in [0.29, 0.717) is 11.7 Å². The largest absolute Gasteiger partial charge is 0.424 e. The van der Waals surface area contributed by atoms with E-state index in [2.05, 4.69) is 20.3 Å². The smallest absolute Gasteiger partial charge is 0.328 e. The molecule has 2 aromatic carbocycles. The predicted molar refractivity (Wildman–Crippen MR) is 85.2 cm³/mol. The van der Waals surface area contributed by atoms with Gasteiger partial charge in [0, 0.05) is 5.69 Å². The highest BCUT2D eigenvalue weighted by Crippen LogP contribution is 2.21. The number of anilines is 3. The average molecular weight is 293 g/mol. The number of nitrogen functional groups attached to an aromatic ring is 1. The van der Waals surface area contributed by atoms with Gasteiger partial charge in [-0.2, -0.15) is 15.0 Å². The molecule has 0 amide bonds. The summed E-state index contributed by atoms with van der Waals surface area (Å²) in [5.41, 5.74) is 7.71. The molecule has 0 aliphatic heterocycles. The van der Waals surface area contributed by atoms with Crippen molar-refractivity contribution in [2.75, 3.05) is 11.1 Å². The van der Waals surface area contributed by atoms with Crippen LogP contribution in [0.15, 0.2) is 54.6 Å². The number of aromatic nitrogens is 3. The van der Waals surface area contributed by atoms with E-state index in [-0.39, 0.29) is 12.0 Å². The third-order valence-electron chi connectivity index (χ3n) is 2.89. The Hall–Kier alpha value is -3.15. The molecule has 0 aliphatic carbocycles. The fraction of sp³-hybridized carbons (Fsp3) is 0.0625. The van der Waals surface area contributed by atoms with Crippen LogP contribution in [-0.2, 0) is 0 Å². The van der Waals surface area contributed by atoms with Crippen molar-refractivity contribution in [2.24, 2.45) is 0 Å². The van der Waals surface area contributed by atoms with Gasteiger partial charge < -0.3 is 15.8 Å². The number of ether oxygens (including phenoxy) is 1. The number of benzene rings is 2. The third kappa shape index (κ3) is 3.49.